The van der Waals surface area contributed by atoms with E-state index >= 15 is 0 Å². The second-order valence-electron chi connectivity index (χ2n) is 4.76. The lowest BCUT2D eigenvalue weighted by Crippen LogP contribution is -2.12. The van der Waals surface area contributed by atoms with Crippen LogP contribution in [-0.4, -0.2) is 5.78 Å². The highest BCUT2D eigenvalue weighted by Gasteiger charge is 2.31. The van der Waals surface area contributed by atoms with Crippen LogP contribution in [0, 0.1) is 11.8 Å². The second kappa shape index (κ2) is 6.21. The summed E-state index contributed by atoms with van der Waals surface area (Å²) >= 11 is 0. The van der Waals surface area contributed by atoms with Crippen molar-refractivity contribution in [2.45, 2.75) is 65.2 Å². The van der Waals surface area contributed by atoms with Crippen LogP contribution in [0.4, 0.5) is 0 Å². The Labute approximate surface area is 88.3 Å². The van der Waals surface area contributed by atoms with E-state index in [1.54, 1.807) is 0 Å². The normalized spacial score (nSPS) is 18.1. The van der Waals surface area contributed by atoms with Gasteiger partial charge < -0.3 is 0 Å². The Kier molecular flexibility index (Phi) is 5.21. The third-order valence-corrected chi connectivity index (χ3v) is 3.36. The molecule has 1 aliphatic carbocycles. The maximum absolute atomic E-state index is 11.7. The first kappa shape index (κ1) is 11.7. The molecule has 1 atom stereocenters. The van der Waals surface area contributed by atoms with Gasteiger partial charge in [-0.15, -0.1) is 0 Å². The summed E-state index contributed by atoms with van der Waals surface area (Å²) in [5, 5.41) is 0. The molecule has 1 saturated carbocycles. The first-order chi connectivity index (χ1) is 6.75. The average molecular weight is 196 g/mol. The van der Waals surface area contributed by atoms with Gasteiger partial charge in [-0.3, -0.25) is 4.79 Å². The van der Waals surface area contributed by atoms with E-state index in [0.29, 0.717) is 11.7 Å². The molecule has 1 nitrogen and oxygen atoms in total. The van der Waals surface area contributed by atoms with E-state index in [-0.39, 0.29) is 0 Å². The highest BCUT2D eigenvalue weighted by atomic mass is 16.1. The van der Waals surface area contributed by atoms with E-state index in [0.717, 1.165) is 18.8 Å². The van der Waals surface area contributed by atoms with Crippen LogP contribution in [0.5, 0.6) is 0 Å². The van der Waals surface area contributed by atoms with Crippen LogP contribution in [0.3, 0.4) is 0 Å². The summed E-state index contributed by atoms with van der Waals surface area (Å²) in [6.45, 7) is 4.34. The lowest BCUT2D eigenvalue weighted by molar-refractivity contribution is -0.123. The number of unbranched alkanes of at least 4 members (excludes halogenated alkanes) is 4. The lowest BCUT2D eigenvalue weighted by Gasteiger charge is -2.07. The van der Waals surface area contributed by atoms with Gasteiger partial charge in [0.05, 0.1) is 0 Å². The van der Waals surface area contributed by atoms with Crippen LogP contribution < -0.4 is 0 Å². The highest BCUT2D eigenvalue weighted by Crippen LogP contribution is 2.37. The van der Waals surface area contributed by atoms with Gasteiger partial charge >= 0.3 is 0 Å². The van der Waals surface area contributed by atoms with E-state index in [1.807, 2.05) is 0 Å². The van der Waals surface area contributed by atoms with Crippen molar-refractivity contribution in [1.29, 1.82) is 0 Å². The predicted octanol–water partition coefficient (Wildman–Crippen LogP) is 3.96. The van der Waals surface area contributed by atoms with Gasteiger partial charge in [0.1, 0.15) is 5.78 Å². The zero-order valence-corrected chi connectivity index (χ0v) is 9.72. The van der Waals surface area contributed by atoms with E-state index in [4.69, 9.17) is 0 Å². The van der Waals surface area contributed by atoms with Crippen LogP contribution in [0.1, 0.15) is 65.2 Å². The van der Waals surface area contributed by atoms with Crippen molar-refractivity contribution in [2.75, 3.05) is 0 Å². The van der Waals surface area contributed by atoms with Crippen molar-refractivity contribution in [2.24, 2.45) is 11.8 Å². The van der Waals surface area contributed by atoms with Gasteiger partial charge in [-0.05, 0) is 25.2 Å². The quantitative estimate of drug-likeness (QED) is 0.537. The summed E-state index contributed by atoms with van der Waals surface area (Å²) in [4.78, 5) is 11.7. The van der Waals surface area contributed by atoms with Gasteiger partial charge in [0, 0.05) is 12.3 Å². The Balaban J connectivity index is 1.97. The van der Waals surface area contributed by atoms with Crippen molar-refractivity contribution in [3.05, 3.63) is 0 Å². The molecule has 14 heavy (non-hydrogen) atoms. The van der Waals surface area contributed by atoms with Crippen LogP contribution in [0.25, 0.3) is 0 Å². The van der Waals surface area contributed by atoms with E-state index in [9.17, 15) is 4.79 Å². The summed E-state index contributed by atoms with van der Waals surface area (Å²) in [5.74, 6) is 1.63. The first-order valence-corrected chi connectivity index (χ1v) is 6.28. The van der Waals surface area contributed by atoms with E-state index < -0.39 is 0 Å². The summed E-state index contributed by atoms with van der Waals surface area (Å²) in [7, 11) is 0. The van der Waals surface area contributed by atoms with Crippen molar-refractivity contribution in [1.82, 2.24) is 0 Å². The fourth-order valence-corrected chi connectivity index (χ4v) is 1.99. The van der Waals surface area contributed by atoms with Gasteiger partial charge in [0.25, 0.3) is 0 Å². The predicted molar refractivity (Wildman–Crippen MR) is 60.3 cm³/mol. The van der Waals surface area contributed by atoms with Crippen LogP contribution >= 0.6 is 0 Å². The molecule has 1 fully saturated rings. The Bertz CT molecular complexity index is 170. The van der Waals surface area contributed by atoms with Gasteiger partial charge in [0.2, 0.25) is 0 Å². The maximum atomic E-state index is 11.7. The van der Waals surface area contributed by atoms with Gasteiger partial charge in [0.15, 0.2) is 0 Å². The molecule has 0 aliphatic heterocycles. The number of carbonyl (C=O) groups is 1. The van der Waals surface area contributed by atoms with Crippen molar-refractivity contribution < 1.29 is 4.79 Å². The molecule has 0 saturated heterocycles. The maximum Gasteiger partial charge on any atom is 0.135 e. The SMILES string of the molecule is CCCCCCCC(=O)C(C)C1CC1. The highest BCUT2D eigenvalue weighted by molar-refractivity contribution is 5.81. The summed E-state index contributed by atoms with van der Waals surface area (Å²) < 4.78 is 0. The third kappa shape index (κ3) is 4.26. The summed E-state index contributed by atoms with van der Waals surface area (Å²) in [6.07, 6.45) is 9.71. The summed E-state index contributed by atoms with van der Waals surface area (Å²) in [6, 6.07) is 0. The number of carbonyl (C=O) groups excluding carboxylic acids is 1. The molecule has 0 amide bonds. The number of rotatable bonds is 8. The largest absolute Gasteiger partial charge is 0.299 e. The Morgan fingerprint density at radius 1 is 1.21 bits per heavy atom. The van der Waals surface area contributed by atoms with E-state index in [1.165, 1.54) is 38.5 Å². The topological polar surface area (TPSA) is 17.1 Å². The lowest BCUT2D eigenvalue weighted by atomic mass is 9.96. The molecule has 0 heterocycles. The van der Waals surface area contributed by atoms with Crippen molar-refractivity contribution in [3.63, 3.8) is 0 Å². The van der Waals surface area contributed by atoms with Crippen LogP contribution in [-0.2, 0) is 4.79 Å². The number of hydrogen-bond donors (Lipinski definition) is 0. The molecule has 82 valence electrons. The minimum atomic E-state index is 0.362. The molecule has 1 rings (SSSR count). The Morgan fingerprint density at radius 3 is 2.43 bits per heavy atom. The molecule has 0 bridgehead atoms. The molecule has 0 spiro atoms. The number of ketones is 1. The average Bonchev–Trinajstić information content (AvgIpc) is 2.99. The summed E-state index contributed by atoms with van der Waals surface area (Å²) in [5.41, 5.74) is 0. The zero-order valence-electron chi connectivity index (χ0n) is 9.72. The molecule has 1 aliphatic rings. The molecule has 1 heteroatoms. The molecule has 0 N–H and O–H groups in total. The Morgan fingerprint density at radius 2 is 1.86 bits per heavy atom. The van der Waals surface area contributed by atoms with Gasteiger partial charge in [-0.1, -0.05) is 39.5 Å². The zero-order chi connectivity index (χ0) is 10.4. The molecule has 0 aromatic rings. The number of Topliss-reactive ketones (excluding diaryl/α,β-unsaturated/α-hetero) is 1. The number of hydrogen-bond acceptors (Lipinski definition) is 1. The molecular formula is C13H24O. The van der Waals surface area contributed by atoms with Crippen LogP contribution in [0.15, 0.2) is 0 Å². The van der Waals surface area contributed by atoms with Gasteiger partial charge in [-0.25, -0.2) is 0 Å². The third-order valence-electron chi connectivity index (χ3n) is 3.36. The molecule has 1 unspecified atom stereocenters. The molecule has 0 aromatic heterocycles. The van der Waals surface area contributed by atoms with E-state index in [2.05, 4.69) is 13.8 Å². The van der Waals surface area contributed by atoms with Crippen LogP contribution in [0.2, 0.25) is 0 Å². The minimum absolute atomic E-state index is 0.362. The van der Waals surface area contributed by atoms with Crippen molar-refractivity contribution in [3.8, 4) is 0 Å². The second-order valence-corrected chi connectivity index (χ2v) is 4.76. The molecule has 0 radical (unpaired) electrons. The minimum Gasteiger partial charge on any atom is -0.299 e. The van der Waals surface area contributed by atoms with Crippen molar-refractivity contribution >= 4 is 5.78 Å². The fraction of sp³-hybridized carbons (Fsp3) is 0.923. The monoisotopic (exact) mass is 196 g/mol. The first-order valence-electron chi connectivity index (χ1n) is 6.28. The Hall–Kier alpha value is -0.330. The fourth-order valence-electron chi connectivity index (χ4n) is 1.99. The van der Waals surface area contributed by atoms with Gasteiger partial charge in [-0.2, -0.15) is 0 Å². The smallest absolute Gasteiger partial charge is 0.135 e. The molecular weight excluding hydrogens is 172 g/mol. The molecule has 0 aromatic carbocycles. The standard InChI is InChI=1S/C13H24O/c1-3-4-5-6-7-8-13(14)11(2)12-9-10-12/h11-12H,3-10H2,1-2H3.